The molecule has 3 aromatic carbocycles. The first-order valence-electron chi connectivity index (χ1n) is 10.1. The zero-order valence-corrected chi connectivity index (χ0v) is 19.7. The number of amides is 1. The van der Waals surface area contributed by atoms with Gasteiger partial charge in [0.1, 0.15) is 12.3 Å². The number of benzene rings is 3. The van der Waals surface area contributed by atoms with Crippen molar-refractivity contribution < 1.29 is 17.9 Å². The SMILES string of the molecule is CCc1ccc(N(CC(=O)Nc2cc(Cl)ccc2OC)S(=O)(=O)c2ccc(C)cc2)cc1. The molecule has 0 aliphatic heterocycles. The summed E-state index contributed by atoms with van der Waals surface area (Å²) in [7, 11) is -2.51. The summed E-state index contributed by atoms with van der Waals surface area (Å²) in [4.78, 5) is 13.0. The fraction of sp³-hybridized carbons (Fsp3) is 0.208. The van der Waals surface area contributed by atoms with Gasteiger partial charge in [-0.2, -0.15) is 0 Å². The lowest BCUT2D eigenvalue weighted by Crippen LogP contribution is -2.38. The lowest BCUT2D eigenvalue weighted by atomic mass is 10.1. The summed E-state index contributed by atoms with van der Waals surface area (Å²) < 4.78 is 33.3. The molecular weight excluding hydrogens is 448 g/mol. The van der Waals surface area contributed by atoms with Gasteiger partial charge in [0, 0.05) is 5.02 Å². The van der Waals surface area contributed by atoms with Crippen LogP contribution >= 0.6 is 11.6 Å². The molecule has 3 aromatic rings. The van der Waals surface area contributed by atoms with Crippen LogP contribution in [0.25, 0.3) is 0 Å². The van der Waals surface area contributed by atoms with E-state index in [4.69, 9.17) is 16.3 Å². The summed E-state index contributed by atoms with van der Waals surface area (Å²) in [5.74, 6) is -0.108. The average molecular weight is 473 g/mol. The summed E-state index contributed by atoms with van der Waals surface area (Å²) >= 11 is 6.04. The van der Waals surface area contributed by atoms with Crippen LogP contribution in [0.3, 0.4) is 0 Å². The minimum Gasteiger partial charge on any atom is -0.495 e. The second-order valence-electron chi connectivity index (χ2n) is 7.24. The van der Waals surface area contributed by atoms with Gasteiger partial charge in [0.25, 0.3) is 10.0 Å². The molecule has 3 rings (SSSR count). The predicted octanol–water partition coefficient (Wildman–Crippen LogP) is 5.05. The van der Waals surface area contributed by atoms with Gasteiger partial charge in [0.05, 0.1) is 23.4 Å². The molecule has 0 aliphatic carbocycles. The van der Waals surface area contributed by atoms with Crippen LogP contribution in [0.2, 0.25) is 5.02 Å². The van der Waals surface area contributed by atoms with Gasteiger partial charge in [0.2, 0.25) is 5.91 Å². The number of nitrogens with zero attached hydrogens (tertiary/aromatic N) is 1. The molecule has 1 amide bonds. The van der Waals surface area contributed by atoms with Crippen LogP contribution in [-0.4, -0.2) is 28.0 Å². The van der Waals surface area contributed by atoms with Crippen LogP contribution in [0.5, 0.6) is 5.75 Å². The number of sulfonamides is 1. The van der Waals surface area contributed by atoms with E-state index < -0.39 is 22.5 Å². The Morgan fingerprint density at radius 3 is 2.28 bits per heavy atom. The van der Waals surface area contributed by atoms with E-state index in [1.54, 1.807) is 42.5 Å². The Hall–Kier alpha value is -3.03. The molecular formula is C24H25ClN2O4S. The van der Waals surface area contributed by atoms with Crippen LogP contribution in [0.15, 0.2) is 71.6 Å². The lowest BCUT2D eigenvalue weighted by Gasteiger charge is -2.24. The standard InChI is InChI=1S/C24H25ClN2O4S/c1-4-18-7-10-20(11-8-18)27(32(29,30)21-12-5-17(2)6-13-21)16-24(28)26-22-15-19(25)9-14-23(22)31-3/h5-15H,4,16H2,1-3H3,(H,26,28). The fourth-order valence-electron chi connectivity index (χ4n) is 3.15. The molecule has 0 unspecified atom stereocenters. The van der Waals surface area contributed by atoms with Crippen molar-refractivity contribution in [2.45, 2.75) is 25.2 Å². The van der Waals surface area contributed by atoms with Gasteiger partial charge in [-0.15, -0.1) is 0 Å². The highest BCUT2D eigenvalue weighted by Gasteiger charge is 2.27. The minimum absolute atomic E-state index is 0.107. The van der Waals surface area contributed by atoms with Crippen molar-refractivity contribution in [3.63, 3.8) is 0 Å². The number of carbonyl (C=O) groups excluding carboxylic acids is 1. The van der Waals surface area contributed by atoms with Crippen LogP contribution in [0.1, 0.15) is 18.1 Å². The quantitative estimate of drug-likeness (QED) is 0.497. The average Bonchev–Trinajstić information content (AvgIpc) is 2.78. The monoisotopic (exact) mass is 472 g/mol. The molecule has 0 fully saturated rings. The summed E-state index contributed by atoms with van der Waals surface area (Å²) in [6, 6.07) is 18.5. The zero-order chi connectivity index (χ0) is 23.3. The number of hydrogen-bond donors (Lipinski definition) is 1. The number of aryl methyl sites for hydroxylation is 2. The molecule has 0 saturated heterocycles. The van der Waals surface area contributed by atoms with E-state index in [9.17, 15) is 13.2 Å². The summed E-state index contributed by atoms with van der Waals surface area (Å²) in [5, 5.41) is 3.12. The van der Waals surface area contributed by atoms with E-state index in [1.165, 1.54) is 19.2 Å². The van der Waals surface area contributed by atoms with Crippen molar-refractivity contribution in [3.05, 3.63) is 82.9 Å². The van der Waals surface area contributed by atoms with E-state index in [-0.39, 0.29) is 4.90 Å². The number of methoxy groups -OCH3 is 1. The first-order valence-corrected chi connectivity index (χ1v) is 11.9. The largest absolute Gasteiger partial charge is 0.495 e. The molecule has 1 N–H and O–H groups in total. The Balaban J connectivity index is 1.96. The maximum absolute atomic E-state index is 13.5. The Morgan fingerprint density at radius 2 is 1.69 bits per heavy atom. The van der Waals surface area contributed by atoms with Crippen molar-refractivity contribution in [1.29, 1.82) is 0 Å². The van der Waals surface area contributed by atoms with E-state index in [0.717, 1.165) is 21.9 Å². The number of rotatable bonds is 8. The van der Waals surface area contributed by atoms with Crippen molar-refractivity contribution in [3.8, 4) is 5.75 Å². The number of ether oxygens (including phenoxy) is 1. The normalized spacial score (nSPS) is 11.1. The van der Waals surface area contributed by atoms with Gasteiger partial charge in [-0.3, -0.25) is 9.10 Å². The molecule has 0 bridgehead atoms. The Kier molecular flexibility index (Phi) is 7.43. The Morgan fingerprint density at radius 1 is 1.03 bits per heavy atom. The number of halogens is 1. The third-order valence-electron chi connectivity index (χ3n) is 4.96. The summed E-state index contributed by atoms with van der Waals surface area (Å²) in [6.45, 7) is 3.47. The van der Waals surface area contributed by atoms with Gasteiger partial charge < -0.3 is 10.1 Å². The van der Waals surface area contributed by atoms with Crippen molar-refractivity contribution in [2.24, 2.45) is 0 Å². The Bertz CT molecular complexity index is 1190. The third kappa shape index (κ3) is 5.41. The molecule has 0 saturated carbocycles. The topological polar surface area (TPSA) is 75.7 Å². The highest BCUT2D eigenvalue weighted by atomic mass is 35.5. The van der Waals surface area contributed by atoms with E-state index >= 15 is 0 Å². The van der Waals surface area contributed by atoms with Crippen molar-refractivity contribution in [2.75, 3.05) is 23.3 Å². The van der Waals surface area contributed by atoms with Crippen LogP contribution in [-0.2, 0) is 21.2 Å². The first kappa shape index (κ1) is 23.6. The van der Waals surface area contributed by atoms with Gasteiger partial charge in [-0.05, 0) is 61.4 Å². The zero-order valence-electron chi connectivity index (χ0n) is 18.1. The van der Waals surface area contributed by atoms with E-state index in [2.05, 4.69) is 5.32 Å². The fourth-order valence-corrected chi connectivity index (χ4v) is 4.74. The van der Waals surface area contributed by atoms with E-state index in [0.29, 0.717) is 22.1 Å². The molecule has 0 atom stereocenters. The van der Waals surface area contributed by atoms with Crippen molar-refractivity contribution in [1.82, 2.24) is 0 Å². The van der Waals surface area contributed by atoms with Gasteiger partial charge >= 0.3 is 0 Å². The molecule has 6 nitrogen and oxygen atoms in total. The highest BCUT2D eigenvalue weighted by molar-refractivity contribution is 7.92. The second-order valence-corrected chi connectivity index (χ2v) is 9.54. The second kappa shape index (κ2) is 10.1. The predicted molar refractivity (Wildman–Crippen MR) is 128 cm³/mol. The molecule has 0 radical (unpaired) electrons. The number of carbonyl (C=O) groups is 1. The smallest absolute Gasteiger partial charge is 0.264 e. The van der Waals surface area contributed by atoms with Crippen LogP contribution in [0.4, 0.5) is 11.4 Å². The molecule has 168 valence electrons. The molecule has 8 heteroatoms. The van der Waals surface area contributed by atoms with Crippen LogP contribution in [0, 0.1) is 6.92 Å². The number of anilines is 2. The summed E-state index contributed by atoms with van der Waals surface area (Å²) in [5.41, 5.74) is 2.76. The van der Waals surface area contributed by atoms with Gasteiger partial charge in [0.15, 0.2) is 0 Å². The van der Waals surface area contributed by atoms with Gasteiger partial charge in [-0.25, -0.2) is 8.42 Å². The molecule has 0 aliphatic rings. The van der Waals surface area contributed by atoms with Crippen molar-refractivity contribution >= 4 is 38.9 Å². The van der Waals surface area contributed by atoms with Gasteiger partial charge in [-0.1, -0.05) is 48.4 Å². The molecule has 32 heavy (non-hydrogen) atoms. The molecule has 0 aromatic heterocycles. The number of nitrogens with one attached hydrogen (secondary N) is 1. The maximum atomic E-state index is 13.5. The summed E-state index contributed by atoms with van der Waals surface area (Å²) in [6.07, 6.45) is 0.819. The van der Waals surface area contributed by atoms with Crippen LogP contribution < -0.4 is 14.4 Å². The number of hydrogen-bond acceptors (Lipinski definition) is 4. The third-order valence-corrected chi connectivity index (χ3v) is 6.99. The minimum atomic E-state index is -3.99. The lowest BCUT2D eigenvalue weighted by molar-refractivity contribution is -0.114. The highest BCUT2D eigenvalue weighted by Crippen LogP contribution is 2.29. The molecule has 0 spiro atoms. The molecule has 0 heterocycles. The Labute approximate surface area is 193 Å². The van der Waals surface area contributed by atoms with E-state index in [1.807, 2.05) is 26.0 Å². The maximum Gasteiger partial charge on any atom is 0.264 e. The first-order chi connectivity index (χ1) is 15.2.